The molecule has 17 heavy (non-hydrogen) atoms. The summed E-state index contributed by atoms with van der Waals surface area (Å²) in [7, 11) is 0. The molecule has 0 unspecified atom stereocenters. The molecule has 0 aliphatic rings. The molecule has 0 radical (unpaired) electrons. The van der Waals surface area contributed by atoms with Gasteiger partial charge in [0, 0.05) is 17.5 Å². The van der Waals surface area contributed by atoms with Crippen molar-refractivity contribution in [1.82, 2.24) is 10.4 Å². The molecule has 0 aliphatic carbocycles. The highest BCUT2D eigenvalue weighted by Gasteiger charge is 2.16. The van der Waals surface area contributed by atoms with E-state index in [-0.39, 0.29) is 11.1 Å². The van der Waals surface area contributed by atoms with Crippen LogP contribution < -0.4 is 11.2 Å². The van der Waals surface area contributed by atoms with Crippen LogP contribution in [0.2, 0.25) is 0 Å². The standard InChI is InChI=1S/C10H14N4O2S/c1-3-16-9(15)8-6(2)12-4-7(8)5-13-14-10(11)17/h4-5,12H,3H2,1-2H3,(H3,11,14,17)/b13-5+. The Kier molecular flexibility index (Phi) is 4.65. The Bertz CT molecular complexity index is 453. The maximum atomic E-state index is 11.7. The summed E-state index contributed by atoms with van der Waals surface area (Å²) in [6.07, 6.45) is 3.11. The molecule has 7 heteroatoms. The van der Waals surface area contributed by atoms with Crippen LogP contribution in [0.3, 0.4) is 0 Å². The molecule has 0 fully saturated rings. The first-order chi connectivity index (χ1) is 8.06. The number of nitrogens with one attached hydrogen (secondary N) is 2. The molecule has 1 rings (SSSR count). The van der Waals surface area contributed by atoms with Crippen LogP contribution in [0.25, 0.3) is 0 Å². The molecule has 0 spiro atoms. The number of hydrogen-bond donors (Lipinski definition) is 3. The zero-order valence-corrected chi connectivity index (χ0v) is 10.4. The number of rotatable bonds is 4. The van der Waals surface area contributed by atoms with Crippen LogP contribution in [0.1, 0.15) is 28.5 Å². The minimum atomic E-state index is -0.386. The fraction of sp³-hybridized carbons (Fsp3) is 0.300. The van der Waals surface area contributed by atoms with Gasteiger partial charge in [-0.3, -0.25) is 5.43 Å². The number of ether oxygens (including phenoxy) is 1. The number of nitrogens with two attached hydrogens (primary N) is 1. The molecule has 1 heterocycles. The number of H-pyrrole nitrogens is 1. The molecule has 0 atom stereocenters. The molecule has 4 N–H and O–H groups in total. The van der Waals surface area contributed by atoms with Gasteiger partial charge >= 0.3 is 5.97 Å². The molecule has 0 aromatic carbocycles. The Morgan fingerprint density at radius 1 is 1.76 bits per heavy atom. The van der Waals surface area contributed by atoms with Crippen molar-refractivity contribution in [2.75, 3.05) is 6.61 Å². The topological polar surface area (TPSA) is 92.5 Å². The number of hydrogen-bond acceptors (Lipinski definition) is 4. The second-order valence-electron chi connectivity index (χ2n) is 3.20. The van der Waals surface area contributed by atoms with Gasteiger partial charge in [-0.15, -0.1) is 0 Å². The maximum absolute atomic E-state index is 11.7. The maximum Gasteiger partial charge on any atom is 0.340 e. The summed E-state index contributed by atoms with van der Waals surface area (Å²) < 4.78 is 4.94. The van der Waals surface area contributed by atoms with Gasteiger partial charge in [-0.05, 0) is 26.1 Å². The number of carbonyl (C=O) groups is 1. The van der Waals surface area contributed by atoms with E-state index in [2.05, 4.69) is 27.7 Å². The van der Waals surface area contributed by atoms with Gasteiger partial charge in [-0.2, -0.15) is 5.10 Å². The fourth-order valence-electron chi connectivity index (χ4n) is 1.29. The average molecular weight is 254 g/mol. The summed E-state index contributed by atoms with van der Waals surface area (Å²) in [6.45, 7) is 3.86. The average Bonchev–Trinajstić information content (AvgIpc) is 2.60. The number of aromatic nitrogens is 1. The van der Waals surface area contributed by atoms with Crippen LogP contribution in [0.15, 0.2) is 11.3 Å². The van der Waals surface area contributed by atoms with Gasteiger partial charge < -0.3 is 15.5 Å². The van der Waals surface area contributed by atoms with Crippen molar-refractivity contribution in [1.29, 1.82) is 0 Å². The van der Waals surface area contributed by atoms with Crippen molar-refractivity contribution < 1.29 is 9.53 Å². The molecule has 0 aliphatic heterocycles. The number of hydrazone groups is 1. The third-order valence-corrected chi connectivity index (χ3v) is 2.06. The Labute approximate surface area is 104 Å². The van der Waals surface area contributed by atoms with E-state index >= 15 is 0 Å². The lowest BCUT2D eigenvalue weighted by Crippen LogP contribution is -2.24. The van der Waals surface area contributed by atoms with Crippen molar-refractivity contribution in [3.05, 3.63) is 23.0 Å². The van der Waals surface area contributed by atoms with E-state index in [1.165, 1.54) is 6.21 Å². The smallest absolute Gasteiger partial charge is 0.340 e. The summed E-state index contributed by atoms with van der Waals surface area (Å²) in [5, 5.41) is 3.85. The molecule has 1 aromatic rings. The van der Waals surface area contributed by atoms with E-state index in [0.29, 0.717) is 17.7 Å². The molecule has 1 aromatic heterocycles. The lowest BCUT2D eigenvalue weighted by molar-refractivity contribution is 0.0525. The van der Waals surface area contributed by atoms with Gasteiger partial charge in [0.25, 0.3) is 0 Å². The zero-order chi connectivity index (χ0) is 12.8. The van der Waals surface area contributed by atoms with Crippen LogP contribution in [-0.4, -0.2) is 28.9 Å². The Hall–Kier alpha value is -1.89. The van der Waals surface area contributed by atoms with Crippen molar-refractivity contribution in [3.8, 4) is 0 Å². The van der Waals surface area contributed by atoms with Gasteiger partial charge in [0.2, 0.25) is 0 Å². The van der Waals surface area contributed by atoms with Crippen LogP contribution in [0.5, 0.6) is 0 Å². The normalized spacial score (nSPS) is 10.5. The number of aryl methyl sites for hydroxylation is 1. The molecule has 0 saturated heterocycles. The van der Waals surface area contributed by atoms with Crippen LogP contribution in [0, 0.1) is 6.92 Å². The van der Waals surface area contributed by atoms with Crippen LogP contribution in [-0.2, 0) is 4.74 Å². The molecular weight excluding hydrogens is 240 g/mol. The van der Waals surface area contributed by atoms with Crippen molar-refractivity contribution in [3.63, 3.8) is 0 Å². The van der Waals surface area contributed by atoms with E-state index in [0.717, 1.165) is 5.69 Å². The molecule has 0 saturated carbocycles. The minimum Gasteiger partial charge on any atom is -0.462 e. The predicted molar refractivity (Wildman–Crippen MR) is 69.0 cm³/mol. The number of esters is 1. The Morgan fingerprint density at radius 2 is 2.47 bits per heavy atom. The summed E-state index contributed by atoms with van der Waals surface area (Å²) in [5.74, 6) is -0.386. The van der Waals surface area contributed by atoms with Crippen molar-refractivity contribution >= 4 is 29.5 Å². The predicted octanol–water partition coefficient (Wildman–Crippen LogP) is 0.667. The molecular formula is C10H14N4O2S. The quantitative estimate of drug-likeness (QED) is 0.318. The van der Waals surface area contributed by atoms with Crippen LogP contribution >= 0.6 is 12.2 Å². The first kappa shape index (κ1) is 13.2. The first-order valence-electron chi connectivity index (χ1n) is 4.99. The molecule has 92 valence electrons. The first-order valence-corrected chi connectivity index (χ1v) is 5.40. The summed E-state index contributed by atoms with van der Waals surface area (Å²) in [4.78, 5) is 14.6. The third kappa shape index (κ3) is 3.56. The molecule has 6 nitrogen and oxygen atoms in total. The summed E-state index contributed by atoms with van der Waals surface area (Å²) in [5.41, 5.74) is 9.43. The highest BCUT2D eigenvalue weighted by atomic mass is 32.1. The number of nitrogens with zero attached hydrogens (tertiary/aromatic N) is 1. The SMILES string of the molecule is CCOC(=O)c1c(/C=N/NC(N)=S)c[nH]c1C. The lowest BCUT2D eigenvalue weighted by Gasteiger charge is -2.02. The van der Waals surface area contributed by atoms with E-state index in [1.807, 2.05) is 0 Å². The fourth-order valence-corrected chi connectivity index (χ4v) is 1.34. The van der Waals surface area contributed by atoms with E-state index in [4.69, 9.17) is 10.5 Å². The lowest BCUT2D eigenvalue weighted by atomic mass is 10.1. The van der Waals surface area contributed by atoms with Crippen molar-refractivity contribution in [2.24, 2.45) is 10.8 Å². The zero-order valence-electron chi connectivity index (χ0n) is 9.61. The van der Waals surface area contributed by atoms with E-state index in [1.54, 1.807) is 20.0 Å². The highest BCUT2D eigenvalue weighted by molar-refractivity contribution is 7.80. The van der Waals surface area contributed by atoms with Gasteiger partial charge in [0.1, 0.15) is 0 Å². The summed E-state index contributed by atoms with van der Waals surface area (Å²) in [6, 6.07) is 0. The third-order valence-electron chi connectivity index (χ3n) is 1.97. The monoisotopic (exact) mass is 254 g/mol. The second kappa shape index (κ2) is 6.00. The number of carbonyl (C=O) groups excluding carboxylic acids is 1. The second-order valence-corrected chi connectivity index (χ2v) is 3.64. The largest absolute Gasteiger partial charge is 0.462 e. The highest BCUT2D eigenvalue weighted by Crippen LogP contribution is 2.12. The summed E-state index contributed by atoms with van der Waals surface area (Å²) >= 11 is 4.60. The van der Waals surface area contributed by atoms with E-state index < -0.39 is 0 Å². The molecule has 0 amide bonds. The Morgan fingerprint density at radius 3 is 3.06 bits per heavy atom. The van der Waals surface area contributed by atoms with Crippen LogP contribution in [0.4, 0.5) is 0 Å². The minimum absolute atomic E-state index is 0.0613. The van der Waals surface area contributed by atoms with E-state index in [9.17, 15) is 4.79 Å². The van der Waals surface area contributed by atoms with Gasteiger partial charge in [-0.1, -0.05) is 0 Å². The number of thiocarbonyl (C=S) groups is 1. The Balaban J connectivity index is 2.89. The van der Waals surface area contributed by atoms with Crippen molar-refractivity contribution in [2.45, 2.75) is 13.8 Å². The van der Waals surface area contributed by atoms with Gasteiger partial charge in [0.15, 0.2) is 5.11 Å². The van der Waals surface area contributed by atoms with Gasteiger partial charge in [-0.25, -0.2) is 4.79 Å². The van der Waals surface area contributed by atoms with Gasteiger partial charge in [0.05, 0.1) is 18.4 Å². The number of aromatic amines is 1. The molecule has 0 bridgehead atoms.